The van der Waals surface area contributed by atoms with Crippen LogP contribution in [0.15, 0.2) is 29.6 Å². The van der Waals surface area contributed by atoms with Crippen LogP contribution < -0.4 is 4.90 Å². The van der Waals surface area contributed by atoms with E-state index in [1.54, 1.807) is 11.3 Å². The molecule has 4 rings (SSSR count). The molecule has 0 bridgehead atoms. The van der Waals surface area contributed by atoms with Gasteiger partial charge in [0.25, 0.3) is 5.91 Å². The SMILES string of the molecule is CN(Cc1ccccc1N1CCCCC1)C(=O)c1csc2c1CCCC2. The zero-order valence-corrected chi connectivity index (χ0v) is 16.5. The third-order valence-corrected chi connectivity index (χ3v) is 6.82. The lowest BCUT2D eigenvalue weighted by atomic mass is 9.95. The first-order valence-electron chi connectivity index (χ1n) is 9.91. The van der Waals surface area contributed by atoms with Crippen molar-refractivity contribution >= 4 is 22.9 Å². The van der Waals surface area contributed by atoms with Gasteiger partial charge in [-0.25, -0.2) is 0 Å². The van der Waals surface area contributed by atoms with E-state index in [-0.39, 0.29) is 5.91 Å². The third-order valence-electron chi connectivity index (χ3n) is 5.73. The molecule has 0 saturated carbocycles. The number of anilines is 1. The van der Waals surface area contributed by atoms with Crippen LogP contribution in [0.3, 0.4) is 0 Å². The number of hydrogen-bond donors (Lipinski definition) is 0. The first-order valence-corrected chi connectivity index (χ1v) is 10.8. The topological polar surface area (TPSA) is 23.6 Å². The second-order valence-corrected chi connectivity index (χ2v) is 8.56. The van der Waals surface area contributed by atoms with Crippen molar-refractivity contribution in [2.24, 2.45) is 0 Å². The summed E-state index contributed by atoms with van der Waals surface area (Å²) in [5.41, 5.74) is 4.83. The van der Waals surface area contributed by atoms with Crippen molar-refractivity contribution in [2.75, 3.05) is 25.0 Å². The summed E-state index contributed by atoms with van der Waals surface area (Å²) in [6.07, 6.45) is 8.56. The average Bonchev–Trinajstić information content (AvgIpc) is 3.12. The molecule has 0 atom stereocenters. The Hall–Kier alpha value is -1.81. The molecule has 0 N–H and O–H groups in total. The first kappa shape index (κ1) is 17.6. The van der Waals surface area contributed by atoms with Crippen LogP contribution in [-0.2, 0) is 19.4 Å². The van der Waals surface area contributed by atoms with Gasteiger partial charge in [-0.1, -0.05) is 18.2 Å². The minimum atomic E-state index is 0.179. The maximum absolute atomic E-state index is 13.1. The molecule has 0 radical (unpaired) electrons. The normalized spacial score (nSPS) is 17.0. The van der Waals surface area contributed by atoms with Crippen LogP contribution in [0, 0.1) is 0 Å². The number of carbonyl (C=O) groups excluding carboxylic acids is 1. The van der Waals surface area contributed by atoms with Crippen LogP contribution in [0.4, 0.5) is 5.69 Å². The number of amides is 1. The Balaban J connectivity index is 1.52. The number of aryl methyl sites for hydroxylation is 1. The smallest absolute Gasteiger partial charge is 0.255 e. The Morgan fingerprint density at radius 2 is 1.85 bits per heavy atom. The molecule has 2 aliphatic rings. The van der Waals surface area contributed by atoms with Gasteiger partial charge in [0.15, 0.2) is 0 Å². The molecule has 26 heavy (non-hydrogen) atoms. The number of nitrogens with zero attached hydrogens (tertiary/aromatic N) is 2. The minimum absolute atomic E-state index is 0.179. The zero-order chi connectivity index (χ0) is 17.9. The van der Waals surface area contributed by atoms with Crippen molar-refractivity contribution in [3.05, 3.63) is 51.2 Å². The molecule has 3 nitrogen and oxygen atoms in total. The van der Waals surface area contributed by atoms with E-state index < -0.39 is 0 Å². The number of rotatable bonds is 4. The summed E-state index contributed by atoms with van der Waals surface area (Å²) in [5, 5.41) is 2.09. The molecule has 0 unspecified atom stereocenters. The molecule has 1 aliphatic heterocycles. The standard InChI is InChI=1S/C22H28N2OS/c1-23(22(25)19-16-26-21-12-6-4-10-18(19)21)15-17-9-3-5-11-20(17)24-13-7-2-8-14-24/h3,5,9,11,16H,2,4,6-8,10,12-15H2,1H3. The Kier molecular flexibility index (Phi) is 5.30. The van der Waals surface area contributed by atoms with Crippen molar-refractivity contribution < 1.29 is 4.79 Å². The van der Waals surface area contributed by atoms with Crippen molar-refractivity contribution in [3.8, 4) is 0 Å². The number of hydrogen-bond acceptors (Lipinski definition) is 3. The lowest BCUT2D eigenvalue weighted by molar-refractivity contribution is 0.0784. The van der Waals surface area contributed by atoms with Crippen LogP contribution >= 0.6 is 11.3 Å². The number of carbonyl (C=O) groups is 1. The predicted octanol–water partition coefficient (Wildman–Crippen LogP) is 4.89. The fraction of sp³-hybridized carbons (Fsp3) is 0.500. The first-order chi connectivity index (χ1) is 12.7. The second kappa shape index (κ2) is 7.83. The summed E-state index contributed by atoms with van der Waals surface area (Å²) in [6.45, 7) is 2.94. The molecule has 2 aromatic rings. The molecule has 4 heteroatoms. The van der Waals surface area contributed by atoms with Gasteiger partial charge < -0.3 is 9.80 Å². The zero-order valence-electron chi connectivity index (χ0n) is 15.7. The van der Waals surface area contributed by atoms with Gasteiger partial charge in [-0.15, -0.1) is 11.3 Å². The van der Waals surface area contributed by atoms with E-state index in [9.17, 15) is 4.79 Å². The molecule has 1 aromatic carbocycles. The largest absolute Gasteiger partial charge is 0.371 e. The maximum atomic E-state index is 13.1. The molecule has 2 heterocycles. The van der Waals surface area contributed by atoms with Crippen molar-refractivity contribution in [1.29, 1.82) is 0 Å². The Morgan fingerprint density at radius 1 is 1.08 bits per heavy atom. The number of para-hydroxylation sites is 1. The average molecular weight is 369 g/mol. The lowest BCUT2D eigenvalue weighted by Crippen LogP contribution is -2.32. The van der Waals surface area contributed by atoms with Gasteiger partial charge in [-0.2, -0.15) is 0 Å². The van der Waals surface area contributed by atoms with Gasteiger partial charge in [0.1, 0.15) is 0 Å². The van der Waals surface area contributed by atoms with Crippen LogP contribution in [0.2, 0.25) is 0 Å². The fourth-order valence-electron chi connectivity index (χ4n) is 4.29. The van der Waals surface area contributed by atoms with E-state index in [1.165, 1.54) is 53.8 Å². The van der Waals surface area contributed by atoms with E-state index in [0.717, 1.165) is 31.5 Å². The van der Waals surface area contributed by atoms with Crippen LogP contribution in [0.1, 0.15) is 58.5 Å². The second-order valence-electron chi connectivity index (χ2n) is 7.60. The maximum Gasteiger partial charge on any atom is 0.255 e. The van der Waals surface area contributed by atoms with E-state index in [1.807, 2.05) is 11.9 Å². The predicted molar refractivity (Wildman–Crippen MR) is 109 cm³/mol. The number of fused-ring (bicyclic) bond motifs is 1. The quantitative estimate of drug-likeness (QED) is 0.767. The Labute approximate surface area is 160 Å². The van der Waals surface area contributed by atoms with Crippen molar-refractivity contribution in [1.82, 2.24) is 4.90 Å². The summed E-state index contributed by atoms with van der Waals surface area (Å²) in [5.74, 6) is 0.179. The Morgan fingerprint density at radius 3 is 2.69 bits per heavy atom. The molecule has 1 aliphatic carbocycles. The summed E-state index contributed by atoms with van der Waals surface area (Å²) in [6, 6.07) is 8.60. The summed E-state index contributed by atoms with van der Waals surface area (Å²) < 4.78 is 0. The minimum Gasteiger partial charge on any atom is -0.371 e. The molecule has 138 valence electrons. The van der Waals surface area contributed by atoms with Crippen LogP contribution in [0.25, 0.3) is 0 Å². The highest BCUT2D eigenvalue weighted by atomic mass is 32.1. The number of benzene rings is 1. The highest BCUT2D eigenvalue weighted by Gasteiger charge is 2.23. The van der Waals surface area contributed by atoms with Crippen LogP contribution in [0.5, 0.6) is 0 Å². The third kappa shape index (κ3) is 3.52. The summed E-state index contributed by atoms with van der Waals surface area (Å²) in [4.78, 5) is 18.9. The van der Waals surface area contributed by atoms with Crippen molar-refractivity contribution in [2.45, 2.75) is 51.5 Å². The van der Waals surface area contributed by atoms with Gasteiger partial charge in [0, 0.05) is 42.6 Å². The molecular formula is C22H28N2OS. The van der Waals surface area contributed by atoms with Gasteiger partial charge in [0.2, 0.25) is 0 Å². The van der Waals surface area contributed by atoms with E-state index >= 15 is 0 Å². The highest BCUT2D eigenvalue weighted by molar-refractivity contribution is 7.10. The van der Waals surface area contributed by atoms with Gasteiger partial charge >= 0.3 is 0 Å². The number of thiophene rings is 1. The van der Waals surface area contributed by atoms with Crippen molar-refractivity contribution in [3.63, 3.8) is 0 Å². The monoisotopic (exact) mass is 368 g/mol. The van der Waals surface area contributed by atoms with Crippen LogP contribution in [-0.4, -0.2) is 30.9 Å². The summed E-state index contributed by atoms with van der Waals surface area (Å²) in [7, 11) is 1.95. The van der Waals surface area contributed by atoms with E-state index in [0.29, 0.717) is 6.54 Å². The van der Waals surface area contributed by atoms with Gasteiger partial charge in [-0.3, -0.25) is 4.79 Å². The highest BCUT2D eigenvalue weighted by Crippen LogP contribution is 2.31. The molecule has 1 saturated heterocycles. The van der Waals surface area contributed by atoms with E-state index in [2.05, 4.69) is 34.5 Å². The molecule has 1 fully saturated rings. The van der Waals surface area contributed by atoms with Gasteiger partial charge in [0.05, 0.1) is 5.56 Å². The Bertz CT molecular complexity index is 776. The van der Waals surface area contributed by atoms with E-state index in [4.69, 9.17) is 0 Å². The molecule has 1 amide bonds. The summed E-state index contributed by atoms with van der Waals surface area (Å²) >= 11 is 1.77. The fourth-order valence-corrected chi connectivity index (χ4v) is 5.41. The van der Waals surface area contributed by atoms with Gasteiger partial charge in [-0.05, 0) is 62.1 Å². The molecule has 1 aromatic heterocycles. The lowest BCUT2D eigenvalue weighted by Gasteiger charge is -2.31. The molecular weight excluding hydrogens is 340 g/mol. The molecule has 0 spiro atoms. The number of piperidine rings is 1.